The Hall–Kier alpha value is -1.81. The zero-order valence-electron chi connectivity index (χ0n) is 10.8. The van der Waals surface area contributed by atoms with Gasteiger partial charge in [-0.1, -0.05) is 24.3 Å². The molecule has 0 unspecified atom stereocenters. The third-order valence-electron chi connectivity index (χ3n) is 3.01. The zero-order chi connectivity index (χ0) is 13.1. The van der Waals surface area contributed by atoms with E-state index in [9.17, 15) is 4.79 Å². The van der Waals surface area contributed by atoms with E-state index in [0.717, 1.165) is 11.1 Å². The molecule has 2 N–H and O–H groups in total. The summed E-state index contributed by atoms with van der Waals surface area (Å²) in [4.78, 5) is 12.1. The second-order valence-electron chi connectivity index (χ2n) is 4.73. The Morgan fingerprint density at radius 2 is 1.94 bits per heavy atom. The Labute approximate surface area is 107 Å². The van der Waals surface area contributed by atoms with Gasteiger partial charge in [0.15, 0.2) is 0 Å². The summed E-state index contributed by atoms with van der Waals surface area (Å²) in [5, 5.41) is 0. The Kier molecular flexibility index (Phi) is 3.67. The van der Waals surface area contributed by atoms with Crippen LogP contribution in [0.25, 0.3) is 0 Å². The van der Waals surface area contributed by atoms with Crippen molar-refractivity contribution in [2.75, 3.05) is 0 Å². The van der Waals surface area contributed by atoms with Crippen LogP contribution in [0, 0.1) is 0 Å². The van der Waals surface area contributed by atoms with Crippen molar-refractivity contribution in [3.8, 4) is 0 Å². The molecule has 0 bridgehead atoms. The van der Waals surface area contributed by atoms with E-state index in [2.05, 4.69) is 0 Å². The molecule has 1 aromatic carbocycles. The van der Waals surface area contributed by atoms with Crippen molar-refractivity contribution in [2.24, 2.45) is 5.73 Å². The molecule has 0 aliphatic carbocycles. The highest BCUT2D eigenvalue weighted by Crippen LogP contribution is 2.07. The Morgan fingerprint density at radius 3 is 2.56 bits per heavy atom. The van der Waals surface area contributed by atoms with E-state index < -0.39 is 0 Å². The van der Waals surface area contributed by atoms with Gasteiger partial charge in [0, 0.05) is 25.0 Å². The van der Waals surface area contributed by atoms with Gasteiger partial charge in [-0.2, -0.15) is 0 Å². The minimum Gasteiger partial charge on any atom is -0.326 e. The van der Waals surface area contributed by atoms with Crippen molar-refractivity contribution in [2.45, 2.75) is 33.0 Å². The van der Waals surface area contributed by atoms with Crippen LogP contribution in [0.2, 0.25) is 0 Å². The van der Waals surface area contributed by atoms with Crippen LogP contribution in [0.4, 0.5) is 0 Å². The average Bonchev–Trinajstić information content (AvgIpc) is 2.71. The predicted molar refractivity (Wildman–Crippen MR) is 72.5 cm³/mol. The number of aromatic nitrogens is 2. The first kappa shape index (κ1) is 12.6. The molecule has 1 aromatic heterocycles. The van der Waals surface area contributed by atoms with E-state index in [4.69, 9.17) is 5.73 Å². The maximum absolute atomic E-state index is 12.1. The second-order valence-corrected chi connectivity index (χ2v) is 4.73. The number of nitrogens with two attached hydrogens (primary N) is 1. The standard InChI is InChI=1S/C14H19N3O/c1-11(2)17-7-6-16(14(17)18)10-13-5-3-4-12(8-13)9-15/h3-8,11H,9-10,15H2,1-2H3. The molecule has 0 aliphatic heterocycles. The highest BCUT2D eigenvalue weighted by molar-refractivity contribution is 5.23. The van der Waals surface area contributed by atoms with Gasteiger partial charge >= 0.3 is 5.69 Å². The SMILES string of the molecule is CC(C)n1ccn(Cc2cccc(CN)c2)c1=O. The summed E-state index contributed by atoms with van der Waals surface area (Å²) in [6, 6.07) is 8.21. The van der Waals surface area contributed by atoms with Crippen molar-refractivity contribution in [1.82, 2.24) is 9.13 Å². The number of hydrogen-bond donors (Lipinski definition) is 1. The minimum absolute atomic E-state index is 0.0307. The first-order valence-electron chi connectivity index (χ1n) is 6.17. The summed E-state index contributed by atoms with van der Waals surface area (Å²) >= 11 is 0. The van der Waals surface area contributed by atoms with Gasteiger partial charge in [0.1, 0.15) is 0 Å². The monoisotopic (exact) mass is 245 g/mol. The quantitative estimate of drug-likeness (QED) is 0.892. The first-order chi connectivity index (χ1) is 8.61. The van der Waals surface area contributed by atoms with Crippen LogP contribution in [0.1, 0.15) is 31.0 Å². The molecule has 0 saturated carbocycles. The molecule has 0 radical (unpaired) electrons. The highest BCUT2D eigenvalue weighted by Gasteiger charge is 2.06. The molecule has 0 aliphatic rings. The molecule has 4 nitrogen and oxygen atoms in total. The average molecular weight is 245 g/mol. The molecular weight excluding hydrogens is 226 g/mol. The fraction of sp³-hybridized carbons (Fsp3) is 0.357. The summed E-state index contributed by atoms with van der Waals surface area (Å²) < 4.78 is 3.45. The fourth-order valence-corrected chi connectivity index (χ4v) is 1.99. The molecule has 0 fully saturated rings. The number of imidazole rings is 1. The maximum Gasteiger partial charge on any atom is 0.328 e. The van der Waals surface area contributed by atoms with Gasteiger partial charge in [0.05, 0.1) is 6.54 Å². The number of nitrogens with zero attached hydrogens (tertiary/aromatic N) is 2. The van der Waals surface area contributed by atoms with Gasteiger partial charge in [0.2, 0.25) is 0 Å². The molecule has 2 rings (SSSR count). The molecule has 0 amide bonds. The van der Waals surface area contributed by atoms with E-state index in [1.54, 1.807) is 9.13 Å². The summed E-state index contributed by atoms with van der Waals surface area (Å²) in [6.45, 7) is 5.11. The lowest BCUT2D eigenvalue weighted by Gasteiger charge is -2.06. The molecule has 4 heteroatoms. The normalized spacial score (nSPS) is 11.1. The van der Waals surface area contributed by atoms with Crippen LogP contribution in [0.5, 0.6) is 0 Å². The Balaban J connectivity index is 2.26. The number of benzene rings is 1. The fourth-order valence-electron chi connectivity index (χ4n) is 1.99. The van der Waals surface area contributed by atoms with Gasteiger partial charge in [0.25, 0.3) is 0 Å². The summed E-state index contributed by atoms with van der Waals surface area (Å²) in [5.41, 5.74) is 7.83. The molecule has 0 atom stereocenters. The van der Waals surface area contributed by atoms with Crippen molar-refractivity contribution in [1.29, 1.82) is 0 Å². The van der Waals surface area contributed by atoms with E-state index in [-0.39, 0.29) is 11.7 Å². The van der Waals surface area contributed by atoms with Crippen LogP contribution in [-0.2, 0) is 13.1 Å². The van der Waals surface area contributed by atoms with Gasteiger partial charge in [-0.15, -0.1) is 0 Å². The molecule has 96 valence electrons. The summed E-state index contributed by atoms with van der Waals surface area (Å²) in [5.74, 6) is 0. The molecule has 18 heavy (non-hydrogen) atoms. The van der Waals surface area contributed by atoms with Gasteiger partial charge in [-0.3, -0.25) is 9.13 Å². The number of hydrogen-bond acceptors (Lipinski definition) is 2. The first-order valence-corrected chi connectivity index (χ1v) is 6.17. The largest absolute Gasteiger partial charge is 0.328 e. The second kappa shape index (κ2) is 5.23. The third kappa shape index (κ3) is 2.54. The molecule has 2 aromatic rings. The highest BCUT2D eigenvalue weighted by atomic mass is 16.1. The van der Waals surface area contributed by atoms with Gasteiger partial charge < -0.3 is 5.73 Å². The number of rotatable bonds is 4. The van der Waals surface area contributed by atoms with Crippen molar-refractivity contribution in [3.05, 3.63) is 58.3 Å². The van der Waals surface area contributed by atoms with E-state index in [1.807, 2.05) is 50.5 Å². The van der Waals surface area contributed by atoms with E-state index in [0.29, 0.717) is 13.1 Å². The predicted octanol–water partition coefficient (Wildman–Crippen LogP) is 1.74. The lowest BCUT2D eigenvalue weighted by atomic mass is 10.1. The Bertz CT molecular complexity index is 581. The molecule has 0 saturated heterocycles. The van der Waals surface area contributed by atoms with Crippen molar-refractivity contribution >= 4 is 0 Å². The zero-order valence-corrected chi connectivity index (χ0v) is 10.8. The third-order valence-corrected chi connectivity index (χ3v) is 3.01. The summed E-state index contributed by atoms with van der Waals surface area (Å²) in [7, 11) is 0. The van der Waals surface area contributed by atoms with Gasteiger partial charge in [-0.05, 0) is 25.0 Å². The van der Waals surface area contributed by atoms with Crippen LogP contribution < -0.4 is 11.4 Å². The Morgan fingerprint density at radius 1 is 1.22 bits per heavy atom. The van der Waals surface area contributed by atoms with Crippen LogP contribution in [0.15, 0.2) is 41.5 Å². The molecular formula is C14H19N3O. The maximum atomic E-state index is 12.1. The van der Waals surface area contributed by atoms with E-state index in [1.165, 1.54) is 0 Å². The lowest BCUT2D eigenvalue weighted by molar-refractivity contribution is 0.561. The molecule has 1 heterocycles. The molecule has 0 spiro atoms. The van der Waals surface area contributed by atoms with E-state index >= 15 is 0 Å². The smallest absolute Gasteiger partial charge is 0.326 e. The topological polar surface area (TPSA) is 52.9 Å². The van der Waals surface area contributed by atoms with Crippen molar-refractivity contribution < 1.29 is 0 Å². The van der Waals surface area contributed by atoms with Crippen LogP contribution in [0.3, 0.4) is 0 Å². The van der Waals surface area contributed by atoms with Crippen LogP contribution >= 0.6 is 0 Å². The lowest BCUT2D eigenvalue weighted by Crippen LogP contribution is -2.25. The van der Waals surface area contributed by atoms with Gasteiger partial charge in [-0.25, -0.2) is 4.79 Å². The van der Waals surface area contributed by atoms with Crippen molar-refractivity contribution in [3.63, 3.8) is 0 Å². The summed E-state index contributed by atoms with van der Waals surface area (Å²) in [6.07, 6.45) is 3.66. The van der Waals surface area contributed by atoms with Crippen LogP contribution in [-0.4, -0.2) is 9.13 Å². The minimum atomic E-state index is 0.0307.